The zero-order valence-corrected chi connectivity index (χ0v) is 12.9. The molecule has 3 nitrogen and oxygen atoms in total. The number of nitrogens with one attached hydrogen (secondary N) is 1. The minimum absolute atomic E-state index is 0.183. The molecule has 2 rings (SSSR count). The molecule has 112 valence electrons. The summed E-state index contributed by atoms with van der Waals surface area (Å²) in [4.78, 5) is 0. The number of hydrogen-bond acceptors (Lipinski definition) is 3. The molecule has 0 amide bonds. The van der Waals surface area contributed by atoms with E-state index in [0.717, 1.165) is 17.6 Å². The van der Waals surface area contributed by atoms with Crippen LogP contribution in [0.2, 0.25) is 0 Å². The largest absolute Gasteiger partial charge is 0.494 e. The summed E-state index contributed by atoms with van der Waals surface area (Å²) in [5.41, 5.74) is 4.25. The van der Waals surface area contributed by atoms with Gasteiger partial charge in [0.15, 0.2) is 0 Å². The second-order valence-corrected chi connectivity index (χ2v) is 6.29. The minimum atomic E-state index is 0.183. The van der Waals surface area contributed by atoms with Crippen LogP contribution in [0.4, 0.5) is 0 Å². The van der Waals surface area contributed by atoms with E-state index < -0.39 is 0 Å². The van der Waals surface area contributed by atoms with E-state index in [1.165, 1.54) is 24.8 Å². The Labute approximate surface area is 122 Å². The fourth-order valence-corrected chi connectivity index (χ4v) is 3.79. The SMILES string of the molecule is CCOc1ccccc1C(NN)C1CC(C)CC(C)C1. The van der Waals surface area contributed by atoms with Crippen LogP contribution >= 0.6 is 0 Å². The van der Waals surface area contributed by atoms with E-state index in [1.807, 2.05) is 19.1 Å². The van der Waals surface area contributed by atoms with E-state index in [-0.39, 0.29) is 6.04 Å². The highest BCUT2D eigenvalue weighted by molar-refractivity contribution is 5.36. The molecule has 3 N–H and O–H groups in total. The maximum Gasteiger partial charge on any atom is 0.124 e. The normalized spacial score (nSPS) is 28.1. The van der Waals surface area contributed by atoms with Gasteiger partial charge in [-0.25, -0.2) is 0 Å². The molecule has 0 aromatic heterocycles. The van der Waals surface area contributed by atoms with Crippen LogP contribution in [0.3, 0.4) is 0 Å². The highest BCUT2D eigenvalue weighted by Crippen LogP contribution is 2.41. The summed E-state index contributed by atoms with van der Waals surface area (Å²) in [5.74, 6) is 8.98. The van der Waals surface area contributed by atoms with Gasteiger partial charge in [0.2, 0.25) is 0 Å². The second kappa shape index (κ2) is 7.09. The fourth-order valence-electron chi connectivity index (χ4n) is 3.79. The lowest BCUT2D eigenvalue weighted by Crippen LogP contribution is -2.37. The van der Waals surface area contributed by atoms with Crippen LogP contribution < -0.4 is 16.0 Å². The molecule has 1 saturated carbocycles. The van der Waals surface area contributed by atoms with E-state index in [1.54, 1.807) is 0 Å². The topological polar surface area (TPSA) is 47.3 Å². The molecule has 3 unspecified atom stereocenters. The molecule has 1 fully saturated rings. The number of para-hydroxylation sites is 1. The third kappa shape index (κ3) is 3.53. The van der Waals surface area contributed by atoms with Gasteiger partial charge in [0, 0.05) is 5.56 Å². The quantitative estimate of drug-likeness (QED) is 0.637. The number of nitrogens with two attached hydrogens (primary N) is 1. The van der Waals surface area contributed by atoms with Crippen LogP contribution in [-0.2, 0) is 0 Å². The monoisotopic (exact) mass is 276 g/mol. The highest BCUT2D eigenvalue weighted by Gasteiger charge is 2.31. The molecule has 1 aliphatic rings. The van der Waals surface area contributed by atoms with Crippen LogP contribution in [0.15, 0.2) is 24.3 Å². The molecule has 3 atom stereocenters. The van der Waals surface area contributed by atoms with Gasteiger partial charge in [-0.2, -0.15) is 0 Å². The number of hydrogen-bond donors (Lipinski definition) is 2. The van der Waals surface area contributed by atoms with Gasteiger partial charge in [0.05, 0.1) is 12.6 Å². The molecule has 1 aliphatic carbocycles. The Bertz CT molecular complexity index is 411. The first kappa shape index (κ1) is 15.3. The number of rotatable bonds is 5. The minimum Gasteiger partial charge on any atom is -0.494 e. The maximum atomic E-state index is 5.89. The predicted octanol–water partition coefficient (Wildman–Crippen LogP) is 3.66. The molecule has 20 heavy (non-hydrogen) atoms. The summed E-state index contributed by atoms with van der Waals surface area (Å²) in [5, 5.41) is 0. The van der Waals surface area contributed by atoms with Crippen molar-refractivity contribution < 1.29 is 4.74 Å². The van der Waals surface area contributed by atoms with Gasteiger partial charge in [-0.05, 0) is 50.0 Å². The van der Waals surface area contributed by atoms with E-state index in [0.29, 0.717) is 12.5 Å². The first-order chi connectivity index (χ1) is 9.65. The molecule has 0 saturated heterocycles. The Morgan fingerprint density at radius 3 is 2.45 bits per heavy atom. The summed E-state index contributed by atoms with van der Waals surface area (Å²) >= 11 is 0. The summed E-state index contributed by atoms with van der Waals surface area (Å²) in [6.07, 6.45) is 3.81. The Kier molecular flexibility index (Phi) is 5.44. The molecule has 0 heterocycles. The Morgan fingerprint density at radius 2 is 1.85 bits per heavy atom. The lowest BCUT2D eigenvalue weighted by molar-refractivity contribution is 0.174. The van der Waals surface area contributed by atoms with Gasteiger partial charge < -0.3 is 4.74 Å². The zero-order valence-electron chi connectivity index (χ0n) is 12.9. The summed E-state index contributed by atoms with van der Waals surface area (Å²) < 4.78 is 5.77. The van der Waals surface area contributed by atoms with Crippen LogP contribution in [0, 0.1) is 17.8 Å². The van der Waals surface area contributed by atoms with Crippen LogP contribution in [-0.4, -0.2) is 6.61 Å². The van der Waals surface area contributed by atoms with E-state index in [4.69, 9.17) is 10.6 Å². The van der Waals surface area contributed by atoms with Gasteiger partial charge in [-0.1, -0.05) is 32.0 Å². The summed E-state index contributed by atoms with van der Waals surface area (Å²) in [6.45, 7) is 7.41. The van der Waals surface area contributed by atoms with Crippen LogP contribution in [0.25, 0.3) is 0 Å². The Hall–Kier alpha value is -1.06. The first-order valence-electron chi connectivity index (χ1n) is 7.83. The number of ether oxygens (including phenoxy) is 1. The third-order valence-corrected chi connectivity index (χ3v) is 4.42. The van der Waals surface area contributed by atoms with Crippen molar-refractivity contribution in [3.8, 4) is 5.75 Å². The molecular weight excluding hydrogens is 248 g/mol. The van der Waals surface area contributed by atoms with Gasteiger partial charge in [0.25, 0.3) is 0 Å². The molecule has 1 aromatic rings. The van der Waals surface area contributed by atoms with E-state index in [9.17, 15) is 0 Å². The average molecular weight is 276 g/mol. The smallest absolute Gasteiger partial charge is 0.124 e. The van der Waals surface area contributed by atoms with Crippen molar-refractivity contribution in [2.45, 2.75) is 46.1 Å². The maximum absolute atomic E-state index is 5.89. The second-order valence-electron chi connectivity index (χ2n) is 6.29. The molecule has 0 bridgehead atoms. The van der Waals surface area contributed by atoms with Gasteiger partial charge >= 0.3 is 0 Å². The standard InChI is InChI=1S/C17H28N2O/c1-4-20-16-8-6-5-7-15(16)17(19-18)14-10-12(2)9-13(3)11-14/h5-8,12-14,17,19H,4,9-11,18H2,1-3H3. The Morgan fingerprint density at radius 1 is 1.20 bits per heavy atom. The third-order valence-electron chi connectivity index (χ3n) is 4.42. The van der Waals surface area contributed by atoms with Crippen LogP contribution in [0.1, 0.15) is 51.6 Å². The van der Waals surface area contributed by atoms with Crippen molar-refractivity contribution in [1.82, 2.24) is 5.43 Å². The van der Waals surface area contributed by atoms with Crippen molar-refractivity contribution in [2.75, 3.05) is 6.61 Å². The zero-order chi connectivity index (χ0) is 14.5. The molecule has 3 heteroatoms. The predicted molar refractivity (Wildman–Crippen MR) is 83.3 cm³/mol. The number of hydrazine groups is 1. The van der Waals surface area contributed by atoms with Crippen molar-refractivity contribution in [2.24, 2.45) is 23.6 Å². The highest BCUT2D eigenvalue weighted by atomic mass is 16.5. The molecule has 0 aliphatic heterocycles. The fraction of sp³-hybridized carbons (Fsp3) is 0.647. The Balaban J connectivity index is 2.23. The van der Waals surface area contributed by atoms with Crippen LogP contribution in [0.5, 0.6) is 5.75 Å². The molecule has 1 aromatic carbocycles. The molecular formula is C17H28N2O. The van der Waals surface area contributed by atoms with Crippen molar-refractivity contribution in [3.05, 3.63) is 29.8 Å². The van der Waals surface area contributed by atoms with Crippen molar-refractivity contribution in [3.63, 3.8) is 0 Å². The van der Waals surface area contributed by atoms with E-state index in [2.05, 4.69) is 31.4 Å². The lowest BCUT2D eigenvalue weighted by atomic mass is 9.72. The molecule has 0 radical (unpaired) electrons. The first-order valence-corrected chi connectivity index (χ1v) is 7.83. The van der Waals surface area contributed by atoms with Gasteiger partial charge in [0.1, 0.15) is 5.75 Å². The summed E-state index contributed by atoms with van der Waals surface area (Å²) in [7, 11) is 0. The molecule has 0 spiro atoms. The lowest BCUT2D eigenvalue weighted by Gasteiger charge is -2.36. The average Bonchev–Trinajstić information content (AvgIpc) is 2.41. The van der Waals surface area contributed by atoms with Crippen molar-refractivity contribution >= 4 is 0 Å². The van der Waals surface area contributed by atoms with Gasteiger partial charge in [-0.15, -0.1) is 0 Å². The summed E-state index contributed by atoms with van der Waals surface area (Å²) in [6, 6.07) is 8.45. The van der Waals surface area contributed by atoms with E-state index >= 15 is 0 Å². The van der Waals surface area contributed by atoms with Gasteiger partial charge in [-0.3, -0.25) is 11.3 Å². The van der Waals surface area contributed by atoms with Crippen molar-refractivity contribution in [1.29, 1.82) is 0 Å². The number of benzene rings is 1.